The molecule has 3 rings (SSSR count). The van der Waals surface area contributed by atoms with Gasteiger partial charge in [0.05, 0.1) is 0 Å². The smallest absolute Gasteiger partial charge is 0.173 e. The summed E-state index contributed by atoms with van der Waals surface area (Å²) in [5.41, 5.74) is 4.68. The van der Waals surface area contributed by atoms with Gasteiger partial charge in [-0.15, -0.1) is 0 Å². The van der Waals surface area contributed by atoms with E-state index in [2.05, 4.69) is 47.2 Å². The van der Waals surface area contributed by atoms with Crippen molar-refractivity contribution in [1.82, 2.24) is 9.80 Å². The molecule has 0 amide bonds. The minimum atomic E-state index is -0.184. The number of anilines is 1. The fourth-order valence-corrected chi connectivity index (χ4v) is 3.40. The van der Waals surface area contributed by atoms with Crippen LogP contribution in [0, 0.1) is 19.7 Å². The number of nitrogens with one attached hydrogen (secondary N) is 1. The van der Waals surface area contributed by atoms with Crippen LogP contribution in [0.2, 0.25) is 0 Å². The van der Waals surface area contributed by atoms with Crippen LogP contribution >= 0.6 is 12.2 Å². The maximum absolute atomic E-state index is 13.0. The van der Waals surface area contributed by atoms with Gasteiger partial charge in [-0.25, -0.2) is 4.39 Å². The summed E-state index contributed by atoms with van der Waals surface area (Å²) in [5.74, 6) is -0.184. The van der Waals surface area contributed by atoms with Gasteiger partial charge in [0.15, 0.2) is 5.11 Å². The standard InChI is InChI=1S/C20H24FN3S/c1-15-3-8-19(16(2)13-15)22-20(25)24-11-9-23(10-12-24)14-17-4-6-18(21)7-5-17/h3-8,13H,9-12,14H2,1-2H3,(H,22,25). The van der Waals surface area contributed by atoms with Crippen LogP contribution in [0.25, 0.3) is 0 Å². The van der Waals surface area contributed by atoms with Crippen LogP contribution in [0.5, 0.6) is 0 Å². The molecule has 2 aromatic carbocycles. The molecule has 1 heterocycles. The molecule has 1 N–H and O–H groups in total. The van der Waals surface area contributed by atoms with Crippen LogP contribution in [0.1, 0.15) is 16.7 Å². The van der Waals surface area contributed by atoms with Crippen LogP contribution in [-0.4, -0.2) is 41.1 Å². The Morgan fingerprint density at radius 3 is 2.36 bits per heavy atom. The number of benzene rings is 2. The molecule has 5 heteroatoms. The Labute approximate surface area is 154 Å². The van der Waals surface area contributed by atoms with E-state index in [4.69, 9.17) is 12.2 Å². The Morgan fingerprint density at radius 1 is 1.04 bits per heavy atom. The summed E-state index contributed by atoms with van der Waals surface area (Å²) in [6.07, 6.45) is 0. The van der Waals surface area contributed by atoms with E-state index in [1.54, 1.807) is 0 Å². The Morgan fingerprint density at radius 2 is 1.72 bits per heavy atom. The van der Waals surface area contributed by atoms with Crippen LogP contribution in [0.3, 0.4) is 0 Å². The molecule has 0 saturated carbocycles. The maximum Gasteiger partial charge on any atom is 0.173 e. The first-order chi connectivity index (χ1) is 12.0. The summed E-state index contributed by atoms with van der Waals surface area (Å²) in [7, 11) is 0. The van der Waals surface area contributed by atoms with Crippen LogP contribution in [-0.2, 0) is 6.54 Å². The van der Waals surface area contributed by atoms with E-state index in [-0.39, 0.29) is 5.82 Å². The Bertz CT molecular complexity index is 737. The molecule has 132 valence electrons. The normalized spacial score (nSPS) is 15.2. The number of rotatable bonds is 3. The second kappa shape index (κ2) is 7.93. The van der Waals surface area contributed by atoms with Crippen molar-refractivity contribution < 1.29 is 4.39 Å². The van der Waals surface area contributed by atoms with Crippen molar-refractivity contribution in [2.45, 2.75) is 20.4 Å². The predicted molar refractivity (Wildman–Crippen MR) is 105 cm³/mol. The summed E-state index contributed by atoms with van der Waals surface area (Å²) in [6, 6.07) is 13.1. The third kappa shape index (κ3) is 4.77. The highest BCUT2D eigenvalue weighted by molar-refractivity contribution is 7.80. The number of halogens is 1. The van der Waals surface area contributed by atoms with Gasteiger partial charge in [0.1, 0.15) is 5.82 Å². The number of hydrogen-bond donors (Lipinski definition) is 1. The van der Waals surface area contributed by atoms with Crippen molar-refractivity contribution in [2.75, 3.05) is 31.5 Å². The van der Waals surface area contributed by atoms with Crippen molar-refractivity contribution in [3.63, 3.8) is 0 Å². The average Bonchev–Trinajstić information content (AvgIpc) is 2.60. The third-order valence-electron chi connectivity index (χ3n) is 4.60. The zero-order valence-electron chi connectivity index (χ0n) is 14.8. The Hall–Kier alpha value is -1.98. The average molecular weight is 357 g/mol. The van der Waals surface area contributed by atoms with Gasteiger partial charge in [0, 0.05) is 38.4 Å². The van der Waals surface area contributed by atoms with E-state index in [9.17, 15) is 4.39 Å². The van der Waals surface area contributed by atoms with Crippen molar-refractivity contribution in [2.24, 2.45) is 0 Å². The fourth-order valence-electron chi connectivity index (χ4n) is 3.11. The van der Waals surface area contributed by atoms with Crippen LogP contribution < -0.4 is 5.32 Å². The molecule has 1 aliphatic heterocycles. The highest BCUT2D eigenvalue weighted by Gasteiger charge is 2.19. The molecule has 1 saturated heterocycles. The monoisotopic (exact) mass is 357 g/mol. The lowest BCUT2D eigenvalue weighted by molar-refractivity contribution is 0.177. The molecule has 0 aliphatic carbocycles. The van der Waals surface area contributed by atoms with Gasteiger partial charge < -0.3 is 10.2 Å². The molecule has 0 unspecified atom stereocenters. The molecular weight excluding hydrogens is 333 g/mol. The van der Waals surface area contributed by atoms with Gasteiger partial charge >= 0.3 is 0 Å². The summed E-state index contributed by atoms with van der Waals surface area (Å²) < 4.78 is 13.0. The molecule has 0 radical (unpaired) electrons. The number of aryl methyl sites for hydroxylation is 2. The van der Waals surface area contributed by atoms with Crippen molar-refractivity contribution in [3.05, 3.63) is 65.0 Å². The highest BCUT2D eigenvalue weighted by atomic mass is 32.1. The van der Waals surface area contributed by atoms with Gasteiger partial charge in [-0.3, -0.25) is 4.90 Å². The van der Waals surface area contributed by atoms with Crippen molar-refractivity contribution >= 4 is 23.0 Å². The molecule has 0 atom stereocenters. The lowest BCUT2D eigenvalue weighted by atomic mass is 10.1. The van der Waals surface area contributed by atoms with E-state index >= 15 is 0 Å². The van der Waals surface area contributed by atoms with Gasteiger partial charge in [-0.1, -0.05) is 29.8 Å². The summed E-state index contributed by atoms with van der Waals surface area (Å²) in [6.45, 7) is 8.74. The molecule has 0 bridgehead atoms. The van der Waals surface area contributed by atoms with E-state index < -0.39 is 0 Å². The molecule has 0 aromatic heterocycles. The minimum Gasteiger partial charge on any atom is -0.346 e. The van der Waals surface area contributed by atoms with Crippen molar-refractivity contribution in [3.8, 4) is 0 Å². The molecule has 0 spiro atoms. The third-order valence-corrected chi connectivity index (χ3v) is 4.96. The topological polar surface area (TPSA) is 18.5 Å². The molecule has 3 nitrogen and oxygen atoms in total. The van der Waals surface area contributed by atoms with Gasteiger partial charge in [-0.2, -0.15) is 0 Å². The predicted octanol–water partition coefficient (Wildman–Crippen LogP) is 3.96. The molecule has 1 fully saturated rings. The Kier molecular flexibility index (Phi) is 5.66. The van der Waals surface area contributed by atoms with E-state index in [1.165, 1.54) is 23.3 Å². The second-order valence-corrected chi connectivity index (χ2v) is 7.02. The molecular formula is C20H24FN3S. The number of nitrogens with zero attached hydrogens (tertiary/aromatic N) is 2. The Balaban J connectivity index is 1.51. The SMILES string of the molecule is Cc1ccc(NC(=S)N2CCN(Cc3ccc(F)cc3)CC2)c(C)c1. The van der Waals surface area contributed by atoms with Gasteiger partial charge in [0.25, 0.3) is 0 Å². The van der Waals surface area contributed by atoms with Gasteiger partial charge in [0.2, 0.25) is 0 Å². The zero-order valence-corrected chi connectivity index (χ0v) is 15.6. The first kappa shape index (κ1) is 17.8. The molecule has 1 aliphatic rings. The van der Waals surface area contributed by atoms with Crippen LogP contribution in [0.4, 0.5) is 10.1 Å². The van der Waals surface area contributed by atoms with Crippen LogP contribution in [0.15, 0.2) is 42.5 Å². The molecule has 25 heavy (non-hydrogen) atoms. The van der Waals surface area contributed by atoms with Gasteiger partial charge in [-0.05, 0) is 55.4 Å². The number of thiocarbonyl (C=S) groups is 1. The maximum atomic E-state index is 13.0. The quantitative estimate of drug-likeness (QED) is 0.838. The van der Waals surface area contributed by atoms with E-state index in [1.807, 2.05) is 12.1 Å². The highest BCUT2D eigenvalue weighted by Crippen LogP contribution is 2.17. The summed E-state index contributed by atoms with van der Waals surface area (Å²) in [5, 5.41) is 4.16. The minimum absolute atomic E-state index is 0.184. The largest absolute Gasteiger partial charge is 0.346 e. The fraction of sp³-hybridized carbons (Fsp3) is 0.350. The second-order valence-electron chi connectivity index (χ2n) is 6.64. The van der Waals surface area contributed by atoms with E-state index in [0.717, 1.165) is 49.1 Å². The summed E-state index contributed by atoms with van der Waals surface area (Å²) in [4.78, 5) is 4.60. The van der Waals surface area contributed by atoms with E-state index in [0.29, 0.717) is 0 Å². The number of piperazine rings is 1. The number of hydrogen-bond acceptors (Lipinski definition) is 2. The lowest BCUT2D eigenvalue weighted by Gasteiger charge is -2.36. The first-order valence-electron chi connectivity index (χ1n) is 8.61. The molecule has 2 aromatic rings. The summed E-state index contributed by atoms with van der Waals surface area (Å²) >= 11 is 5.59. The van der Waals surface area contributed by atoms with Crippen molar-refractivity contribution in [1.29, 1.82) is 0 Å². The first-order valence-corrected chi connectivity index (χ1v) is 9.02. The lowest BCUT2D eigenvalue weighted by Crippen LogP contribution is -2.49. The zero-order chi connectivity index (χ0) is 17.8.